The fourth-order valence-electron chi connectivity index (χ4n) is 2.55. The average Bonchev–Trinajstić information content (AvgIpc) is 3.11. The van der Waals surface area contributed by atoms with Gasteiger partial charge in [-0.1, -0.05) is 12.1 Å². The van der Waals surface area contributed by atoms with Gasteiger partial charge in [0.1, 0.15) is 0 Å². The van der Waals surface area contributed by atoms with Crippen molar-refractivity contribution in [3.05, 3.63) is 29.8 Å². The molecule has 1 aliphatic heterocycles. The predicted octanol–water partition coefficient (Wildman–Crippen LogP) is 2.11. The van der Waals surface area contributed by atoms with Gasteiger partial charge in [0, 0.05) is 38.1 Å². The molecule has 1 fully saturated rings. The lowest BCUT2D eigenvalue weighted by Gasteiger charge is -2.19. The number of thioether (sulfide) groups is 1. The summed E-state index contributed by atoms with van der Waals surface area (Å²) in [5.74, 6) is 0.556. The van der Waals surface area contributed by atoms with Crippen LogP contribution < -0.4 is 5.32 Å². The zero-order chi connectivity index (χ0) is 16.7. The Balaban J connectivity index is 0.00000288. The third kappa shape index (κ3) is 5.69. The van der Waals surface area contributed by atoms with Crippen molar-refractivity contribution in [1.82, 2.24) is 15.1 Å². The Morgan fingerprint density at radius 1 is 1.25 bits per heavy atom. The Hall–Kier alpha value is -1.24. The summed E-state index contributed by atoms with van der Waals surface area (Å²) in [6, 6.07) is 7.53. The third-order valence-electron chi connectivity index (χ3n) is 3.97. The quantitative estimate of drug-likeness (QED) is 0.746. The number of rotatable bonds is 7. The Bertz CT molecular complexity index is 550. The second kappa shape index (κ2) is 10.6. The van der Waals surface area contributed by atoms with Crippen molar-refractivity contribution < 1.29 is 9.59 Å². The number of hydrogen-bond donors (Lipinski definition) is 1. The highest BCUT2D eigenvalue weighted by molar-refractivity contribution is 8.00. The molecule has 1 heterocycles. The van der Waals surface area contributed by atoms with Gasteiger partial charge in [0.05, 0.1) is 11.3 Å². The van der Waals surface area contributed by atoms with E-state index in [0.29, 0.717) is 17.9 Å². The number of likely N-dealkylation sites (N-methyl/N-ethyl adjacent to an activating group) is 2. The van der Waals surface area contributed by atoms with Crippen LogP contribution >= 0.6 is 24.2 Å². The molecule has 1 N–H and O–H groups in total. The Labute approximate surface area is 154 Å². The van der Waals surface area contributed by atoms with E-state index in [1.54, 1.807) is 11.9 Å². The summed E-state index contributed by atoms with van der Waals surface area (Å²) < 4.78 is 0. The average molecular weight is 372 g/mol. The molecule has 7 heteroatoms. The summed E-state index contributed by atoms with van der Waals surface area (Å²) in [4.78, 5) is 29.2. The molecule has 5 nitrogen and oxygen atoms in total. The van der Waals surface area contributed by atoms with Crippen LogP contribution in [0.3, 0.4) is 0 Å². The SMILES string of the molecule is CNCCN(C)C(=O)c1ccccc1SCC(=O)N1CCCC1.Cl. The molecule has 24 heavy (non-hydrogen) atoms. The maximum Gasteiger partial charge on any atom is 0.254 e. The van der Waals surface area contributed by atoms with Crippen LogP contribution in [-0.2, 0) is 4.79 Å². The van der Waals surface area contributed by atoms with Crippen LogP contribution in [0.25, 0.3) is 0 Å². The van der Waals surface area contributed by atoms with E-state index in [9.17, 15) is 9.59 Å². The third-order valence-corrected chi connectivity index (χ3v) is 5.03. The molecule has 1 saturated heterocycles. The van der Waals surface area contributed by atoms with Crippen molar-refractivity contribution in [2.75, 3.05) is 46.0 Å². The molecule has 0 unspecified atom stereocenters. The van der Waals surface area contributed by atoms with Crippen molar-refractivity contribution in [3.8, 4) is 0 Å². The summed E-state index contributed by atoms with van der Waals surface area (Å²) in [7, 11) is 3.67. The number of amides is 2. The molecule has 1 aliphatic rings. The number of likely N-dealkylation sites (tertiary alicyclic amines) is 1. The van der Waals surface area contributed by atoms with Crippen molar-refractivity contribution in [2.24, 2.45) is 0 Å². The number of benzene rings is 1. The van der Waals surface area contributed by atoms with E-state index >= 15 is 0 Å². The fourth-order valence-corrected chi connectivity index (χ4v) is 3.50. The number of nitrogens with one attached hydrogen (secondary N) is 1. The van der Waals surface area contributed by atoms with E-state index < -0.39 is 0 Å². The van der Waals surface area contributed by atoms with Gasteiger partial charge in [-0.2, -0.15) is 0 Å². The summed E-state index contributed by atoms with van der Waals surface area (Å²) in [5.41, 5.74) is 0.672. The van der Waals surface area contributed by atoms with Crippen LogP contribution in [0.1, 0.15) is 23.2 Å². The molecular weight excluding hydrogens is 346 g/mol. The lowest BCUT2D eigenvalue weighted by molar-refractivity contribution is -0.127. The molecule has 2 amide bonds. The minimum absolute atomic E-state index is 0. The molecule has 0 aromatic heterocycles. The van der Waals surface area contributed by atoms with Gasteiger partial charge in [-0.15, -0.1) is 24.2 Å². The Morgan fingerprint density at radius 2 is 1.92 bits per heavy atom. The highest BCUT2D eigenvalue weighted by Gasteiger charge is 2.20. The Morgan fingerprint density at radius 3 is 2.58 bits per heavy atom. The van der Waals surface area contributed by atoms with Gasteiger partial charge < -0.3 is 15.1 Å². The zero-order valence-electron chi connectivity index (χ0n) is 14.3. The monoisotopic (exact) mass is 371 g/mol. The van der Waals surface area contributed by atoms with E-state index in [-0.39, 0.29) is 24.2 Å². The van der Waals surface area contributed by atoms with Gasteiger partial charge in [-0.25, -0.2) is 0 Å². The second-order valence-electron chi connectivity index (χ2n) is 5.70. The molecule has 0 radical (unpaired) electrons. The first-order valence-electron chi connectivity index (χ1n) is 8.03. The maximum atomic E-state index is 12.6. The first kappa shape index (κ1) is 20.8. The summed E-state index contributed by atoms with van der Waals surface area (Å²) in [6.45, 7) is 3.14. The van der Waals surface area contributed by atoms with E-state index in [2.05, 4.69) is 5.32 Å². The highest BCUT2D eigenvalue weighted by atomic mass is 35.5. The molecule has 1 aromatic carbocycles. The number of carbonyl (C=O) groups excluding carboxylic acids is 2. The van der Waals surface area contributed by atoms with Crippen LogP contribution in [0, 0.1) is 0 Å². The lowest BCUT2D eigenvalue weighted by atomic mass is 10.2. The molecular formula is C17H26ClN3O2S. The molecule has 134 valence electrons. The molecule has 0 saturated carbocycles. The molecule has 0 bridgehead atoms. The number of halogens is 1. The first-order chi connectivity index (χ1) is 11.1. The van der Waals surface area contributed by atoms with E-state index in [1.165, 1.54) is 11.8 Å². The maximum absolute atomic E-state index is 12.6. The summed E-state index contributed by atoms with van der Waals surface area (Å²) in [5, 5.41) is 3.04. The standard InChI is InChI=1S/C17H25N3O2S.ClH/c1-18-9-12-19(2)17(22)14-7-3-4-8-15(14)23-13-16(21)20-10-5-6-11-20;/h3-4,7-8,18H,5-6,9-13H2,1-2H3;1H. The number of nitrogens with zero attached hydrogens (tertiary/aromatic N) is 2. The van der Waals surface area contributed by atoms with Crippen molar-refractivity contribution in [1.29, 1.82) is 0 Å². The molecule has 0 spiro atoms. The van der Waals surface area contributed by atoms with Crippen LogP contribution in [0.5, 0.6) is 0 Å². The van der Waals surface area contributed by atoms with Gasteiger partial charge in [0.15, 0.2) is 0 Å². The largest absolute Gasteiger partial charge is 0.342 e. The molecule has 2 rings (SSSR count). The van der Waals surface area contributed by atoms with Crippen molar-refractivity contribution in [3.63, 3.8) is 0 Å². The van der Waals surface area contributed by atoms with Gasteiger partial charge in [-0.05, 0) is 32.0 Å². The predicted molar refractivity (Wildman–Crippen MR) is 101 cm³/mol. The lowest BCUT2D eigenvalue weighted by Crippen LogP contribution is -2.33. The topological polar surface area (TPSA) is 52.7 Å². The van der Waals surface area contributed by atoms with Crippen molar-refractivity contribution in [2.45, 2.75) is 17.7 Å². The number of hydrogen-bond acceptors (Lipinski definition) is 4. The highest BCUT2D eigenvalue weighted by Crippen LogP contribution is 2.24. The smallest absolute Gasteiger partial charge is 0.254 e. The molecule has 0 atom stereocenters. The zero-order valence-corrected chi connectivity index (χ0v) is 15.9. The minimum Gasteiger partial charge on any atom is -0.342 e. The van der Waals surface area contributed by atoms with E-state index in [0.717, 1.165) is 37.4 Å². The normalized spacial score (nSPS) is 13.5. The molecule has 1 aromatic rings. The van der Waals surface area contributed by atoms with Crippen molar-refractivity contribution >= 4 is 36.0 Å². The second-order valence-corrected chi connectivity index (χ2v) is 6.72. The van der Waals surface area contributed by atoms with E-state index in [4.69, 9.17) is 0 Å². The number of carbonyl (C=O) groups is 2. The first-order valence-corrected chi connectivity index (χ1v) is 9.01. The summed E-state index contributed by atoms with van der Waals surface area (Å²) in [6.07, 6.45) is 2.20. The fraction of sp³-hybridized carbons (Fsp3) is 0.529. The van der Waals surface area contributed by atoms with Crippen LogP contribution in [0.4, 0.5) is 0 Å². The Kier molecular flexibility index (Phi) is 9.18. The van der Waals surface area contributed by atoms with Gasteiger partial charge >= 0.3 is 0 Å². The minimum atomic E-state index is -0.00280. The van der Waals surface area contributed by atoms with Gasteiger partial charge in [0.2, 0.25) is 5.91 Å². The van der Waals surface area contributed by atoms with E-state index in [1.807, 2.05) is 36.2 Å². The van der Waals surface area contributed by atoms with Crippen LogP contribution in [-0.4, -0.2) is 67.6 Å². The molecule has 0 aliphatic carbocycles. The van der Waals surface area contributed by atoms with Gasteiger partial charge in [-0.3, -0.25) is 9.59 Å². The van der Waals surface area contributed by atoms with Gasteiger partial charge in [0.25, 0.3) is 5.91 Å². The summed E-state index contributed by atoms with van der Waals surface area (Å²) >= 11 is 1.46. The van der Waals surface area contributed by atoms with Crippen LogP contribution in [0.2, 0.25) is 0 Å². The van der Waals surface area contributed by atoms with Crippen LogP contribution in [0.15, 0.2) is 29.2 Å².